The van der Waals surface area contributed by atoms with Gasteiger partial charge >= 0.3 is 0 Å². The van der Waals surface area contributed by atoms with E-state index in [9.17, 15) is 18.5 Å². The van der Waals surface area contributed by atoms with Crippen LogP contribution in [0.15, 0.2) is 29.3 Å². The van der Waals surface area contributed by atoms with Gasteiger partial charge in [-0.1, -0.05) is 0 Å². The fourth-order valence-corrected chi connectivity index (χ4v) is 4.72. The monoisotopic (exact) mass is 353 g/mol. The van der Waals surface area contributed by atoms with E-state index in [0.717, 1.165) is 12.8 Å². The number of benzene rings is 1. The highest BCUT2D eigenvalue weighted by Crippen LogP contribution is 2.30. The Morgan fingerprint density at radius 2 is 2.25 bits per heavy atom. The number of hydrogen-bond acceptors (Lipinski definition) is 5. The topological polar surface area (TPSA) is 106 Å². The van der Waals surface area contributed by atoms with Crippen LogP contribution in [0.5, 0.6) is 0 Å². The average Bonchev–Trinajstić information content (AvgIpc) is 2.99. The SMILES string of the molecule is CCO[C@H]1CCCN(S(=O)(=O)c2c[nH]c3cc([N+](=O)[O-])ccc23)C1. The van der Waals surface area contributed by atoms with Crippen molar-refractivity contribution in [2.24, 2.45) is 0 Å². The molecule has 0 amide bonds. The second-order valence-corrected chi connectivity index (χ2v) is 7.63. The lowest BCUT2D eigenvalue weighted by Crippen LogP contribution is -2.43. The summed E-state index contributed by atoms with van der Waals surface area (Å²) in [7, 11) is -3.68. The van der Waals surface area contributed by atoms with Crippen LogP contribution in [0.3, 0.4) is 0 Å². The number of aromatic nitrogens is 1. The molecule has 3 rings (SSSR count). The lowest BCUT2D eigenvalue weighted by atomic mass is 10.1. The van der Waals surface area contributed by atoms with Crippen LogP contribution in [-0.2, 0) is 14.8 Å². The second kappa shape index (κ2) is 6.50. The van der Waals surface area contributed by atoms with E-state index in [1.165, 1.54) is 28.7 Å². The van der Waals surface area contributed by atoms with Crippen molar-refractivity contribution in [3.8, 4) is 0 Å². The third-order valence-electron chi connectivity index (χ3n) is 4.20. The number of non-ortho nitro benzene ring substituents is 1. The van der Waals surface area contributed by atoms with Gasteiger partial charge in [0.25, 0.3) is 5.69 Å². The third-order valence-corrected chi connectivity index (χ3v) is 6.10. The van der Waals surface area contributed by atoms with Gasteiger partial charge in [-0.3, -0.25) is 10.1 Å². The van der Waals surface area contributed by atoms with Gasteiger partial charge in [0.1, 0.15) is 4.90 Å². The molecule has 24 heavy (non-hydrogen) atoms. The van der Waals surface area contributed by atoms with Crippen molar-refractivity contribution in [3.05, 3.63) is 34.5 Å². The minimum atomic E-state index is -3.68. The maximum absolute atomic E-state index is 12.9. The molecular formula is C15H19N3O5S. The number of aromatic amines is 1. The van der Waals surface area contributed by atoms with Gasteiger partial charge in [-0.15, -0.1) is 0 Å². The quantitative estimate of drug-likeness (QED) is 0.655. The summed E-state index contributed by atoms with van der Waals surface area (Å²) in [5.74, 6) is 0. The molecule has 0 saturated carbocycles. The van der Waals surface area contributed by atoms with Gasteiger partial charge in [0, 0.05) is 43.4 Å². The molecule has 1 aliphatic heterocycles. The summed E-state index contributed by atoms with van der Waals surface area (Å²) in [6, 6.07) is 4.13. The van der Waals surface area contributed by atoms with Gasteiger partial charge in [-0.25, -0.2) is 8.42 Å². The number of hydrogen-bond donors (Lipinski definition) is 1. The lowest BCUT2D eigenvalue weighted by Gasteiger charge is -2.31. The standard InChI is InChI=1S/C15H19N3O5S/c1-2-23-12-4-3-7-17(10-12)24(21,22)15-9-16-14-8-11(18(19)20)5-6-13(14)15/h5-6,8-9,12,16H,2-4,7,10H2,1H3/t12-/m0/s1. The van der Waals surface area contributed by atoms with Crippen molar-refractivity contribution in [1.29, 1.82) is 0 Å². The summed E-state index contributed by atoms with van der Waals surface area (Å²) in [6.45, 7) is 3.22. The molecule has 9 heteroatoms. The Hall–Kier alpha value is -1.97. The van der Waals surface area contributed by atoms with Gasteiger partial charge in [0.05, 0.1) is 16.5 Å². The molecule has 0 unspecified atom stereocenters. The number of fused-ring (bicyclic) bond motifs is 1. The van der Waals surface area contributed by atoms with Crippen LogP contribution in [0.2, 0.25) is 0 Å². The first-order valence-electron chi connectivity index (χ1n) is 7.80. The maximum Gasteiger partial charge on any atom is 0.271 e. The second-order valence-electron chi connectivity index (χ2n) is 5.72. The van der Waals surface area contributed by atoms with E-state index in [1.54, 1.807) is 0 Å². The zero-order chi connectivity index (χ0) is 17.3. The molecule has 0 aliphatic carbocycles. The Balaban J connectivity index is 1.95. The number of sulfonamides is 1. The van der Waals surface area contributed by atoms with E-state index in [-0.39, 0.29) is 16.7 Å². The molecule has 1 atom stereocenters. The predicted octanol–water partition coefficient (Wildman–Crippen LogP) is 2.27. The molecule has 0 radical (unpaired) electrons. The van der Waals surface area contributed by atoms with E-state index in [0.29, 0.717) is 30.6 Å². The molecule has 2 aromatic rings. The van der Waals surface area contributed by atoms with E-state index < -0.39 is 14.9 Å². The van der Waals surface area contributed by atoms with Crippen molar-refractivity contribution >= 4 is 26.6 Å². The minimum absolute atomic E-state index is 0.0809. The summed E-state index contributed by atoms with van der Waals surface area (Å²) in [4.78, 5) is 13.3. The number of nitrogens with one attached hydrogen (secondary N) is 1. The van der Waals surface area contributed by atoms with E-state index >= 15 is 0 Å². The maximum atomic E-state index is 12.9. The smallest absolute Gasteiger partial charge is 0.271 e. The molecular weight excluding hydrogens is 334 g/mol. The number of nitro groups is 1. The molecule has 1 aromatic carbocycles. The first kappa shape index (κ1) is 16.9. The summed E-state index contributed by atoms with van der Waals surface area (Å²) < 4.78 is 32.9. The van der Waals surface area contributed by atoms with Crippen molar-refractivity contribution < 1.29 is 18.1 Å². The zero-order valence-electron chi connectivity index (χ0n) is 13.3. The Kier molecular flexibility index (Phi) is 4.57. The van der Waals surface area contributed by atoms with Gasteiger partial charge in [0.15, 0.2) is 0 Å². The molecule has 0 bridgehead atoms. The summed E-state index contributed by atoms with van der Waals surface area (Å²) in [5, 5.41) is 11.3. The molecule has 2 heterocycles. The van der Waals surface area contributed by atoms with E-state index in [2.05, 4.69) is 4.98 Å². The number of nitro benzene ring substituents is 1. The number of nitrogens with zero attached hydrogens (tertiary/aromatic N) is 2. The summed E-state index contributed by atoms with van der Waals surface area (Å²) >= 11 is 0. The Morgan fingerprint density at radius 1 is 1.46 bits per heavy atom. The van der Waals surface area contributed by atoms with Crippen LogP contribution in [0, 0.1) is 10.1 Å². The Bertz CT molecular complexity index is 859. The van der Waals surface area contributed by atoms with Crippen LogP contribution in [0.1, 0.15) is 19.8 Å². The van der Waals surface area contributed by atoms with Crippen LogP contribution >= 0.6 is 0 Å². The van der Waals surface area contributed by atoms with E-state index in [4.69, 9.17) is 4.74 Å². The fourth-order valence-electron chi connectivity index (χ4n) is 3.05. The molecule has 130 valence electrons. The third kappa shape index (κ3) is 3.02. The molecule has 1 aromatic heterocycles. The van der Waals surface area contributed by atoms with Crippen molar-refractivity contribution in [1.82, 2.24) is 9.29 Å². The molecule has 1 N–H and O–H groups in total. The number of rotatable bonds is 5. The Labute approximate surface area is 139 Å². The first-order chi connectivity index (χ1) is 11.4. The number of H-pyrrole nitrogens is 1. The number of ether oxygens (including phenoxy) is 1. The molecule has 8 nitrogen and oxygen atoms in total. The highest BCUT2D eigenvalue weighted by Gasteiger charge is 2.32. The van der Waals surface area contributed by atoms with Crippen LogP contribution < -0.4 is 0 Å². The fraction of sp³-hybridized carbons (Fsp3) is 0.467. The lowest BCUT2D eigenvalue weighted by molar-refractivity contribution is -0.384. The van der Waals surface area contributed by atoms with Crippen LogP contribution in [0.25, 0.3) is 10.9 Å². The van der Waals surface area contributed by atoms with E-state index in [1.807, 2.05) is 6.92 Å². The molecule has 1 saturated heterocycles. The normalized spacial score (nSPS) is 19.6. The van der Waals surface area contributed by atoms with Crippen molar-refractivity contribution in [2.45, 2.75) is 30.8 Å². The first-order valence-corrected chi connectivity index (χ1v) is 9.24. The summed E-state index contributed by atoms with van der Waals surface area (Å²) in [5.41, 5.74) is 0.351. The van der Waals surface area contributed by atoms with Gasteiger partial charge < -0.3 is 9.72 Å². The van der Waals surface area contributed by atoms with Gasteiger partial charge in [-0.2, -0.15) is 4.31 Å². The number of piperidine rings is 1. The minimum Gasteiger partial charge on any atom is -0.377 e. The van der Waals surface area contributed by atoms with Crippen LogP contribution in [-0.4, -0.2) is 48.4 Å². The van der Waals surface area contributed by atoms with Gasteiger partial charge in [-0.05, 0) is 25.8 Å². The highest BCUT2D eigenvalue weighted by molar-refractivity contribution is 7.89. The molecule has 0 spiro atoms. The highest BCUT2D eigenvalue weighted by atomic mass is 32.2. The zero-order valence-corrected chi connectivity index (χ0v) is 14.1. The largest absolute Gasteiger partial charge is 0.377 e. The Morgan fingerprint density at radius 3 is 2.96 bits per heavy atom. The van der Waals surface area contributed by atoms with Crippen molar-refractivity contribution in [2.75, 3.05) is 19.7 Å². The average molecular weight is 353 g/mol. The molecule has 1 aliphatic rings. The predicted molar refractivity (Wildman–Crippen MR) is 88.4 cm³/mol. The summed E-state index contributed by atoms with van der Waals surface area (Å²) in [6.07, 6.45) is 2.90. The van der Waals surface area contributed by atoms with Gasteiger partial charge in [0.2, 0.25) is 10.0 Å². The molecule has 1 fully saturated rings. The van der Waals surface area contributed by atoms with Crippen molar-refractivity contribution in [3.63, 3.8) is 0 Å². The van der Waals surface area contributed by atoms with Crippen LogP contribution in [0.4, 0.5) is 5.69 Å².